The highest BCUT2D eigenvalue weighted by molar-refractivity contribution is 7.89. The molecule has 0 atom stereocenters. The first-order chi connectivity index (χ1) is 15.1. The van der Waals surface area contributed by atoms with Gasteiger partial charge in [-0.15, -0.1) is 0 Å². The number of nitrogens with zero attached hydrogens (tertiary/aromatic N) is 2. The van der Waals surface area contributed by atoms with Gasteiger partial charge in [0.05, 0.1) is 4.90 Å². The van der Waals surface area contributed by atoms with E-state index < -0.39 is 22.0 Å². The van der Waals surface area contributed by atoms with Crippen LogP contribution in [0.5, 0.6) is 0 Å². The van der Waals surface area contributed by atoms with Gasteiger partial charge in [0.2, 0.25) is 15.9 Å². The molecule has 0 bridgehead atoms. The van der Waals surface area contributed by atoms with Crippen LogP contribution in [0, 0.1) is 0 Å². The van der Waals surface area contributed by atoms with Crippen molar-refractivity contribution < 1.29 is 33.0 Å². The Morgan fingerprint density at radius 2 is 1.38 bits per heavy atom. The fourth-order valence-electron chi connectivity index (χ4n) is 3.97. The van der Waals surface area contributed by atoms with Crippen molar-refractivity contribution in [1.82, 2.24) is 9.21 Å². The average Bonchev–Trinajstić information content (AvgIpc) is 3.04. The summed E-state index contributed by atoms with van der Waals surface area (Å²) in [6.45, 7) is 4.90. The first kappa shape index (κ1) is 25.8. The number of nitrogens with one attached hydrogen (secondary N) is 1. The molecule has 2 heterocycles. The number of aliphatic carboxylic acids is 2. The lowest BCUT2D eigenvalue weighted by molar-refractivity contribution is -0.159. The normalized spacial score (nSPS) is 18.7. The number of hydrogen-bond acceptors (Lipinski definition) is 6. The molecule has 0 aromatic heterocycles. The van der Waals surface area contributed by atoms with Crippen LogP contribution in [0.4, 0.5) is 5.69 Å². The Labute approximate surface area is 188 Å². The molecule has 0 spiro atoms. The van der Waals surface area contributed by atoms with Gasteiger partial charge in [-0.25, -0.2) is 18.0 Å². The summed E-state index contributed by atoms with van der Waals surface area (Å²) < 4.78 is 27.4. The van der Waals surface area contributed by atoms with Crippen molar-refractivity contribution in [1.29, 1.82) is 0 Å². The van der Waals surface area contributed by atoms with E-state index in [9.17, 15) is 13.2 Å². The number of carbonyl (C=O) groups is 3. The van der Waals surface area contributed by atoms with Crippen molar-refractivity contribution in [2.24, 2.45) is 0 Å². The van der Waals surface area contributed by atoms with Crippen LogP contribution in [-0.4, -0.2) is 77.9 Å². The molecule has 0 saturated carbocycles. The lowest BCUT2D eigenvalue weighted by atomic mass is 10.0. The number of likely N-dealkylation sites (tertiary alicyclic amines) is 1. The van der Waals surface area contributed by atoms with E-state index in [0.29, 0.717) is 29.7 Å². The van der Waals surface area contributed by atoms with Crippen LogP contribution in [0.1, 0.15) is 45.4 Å². The molecule has 0 radical (unpaired) electrons. The van der Waals surface area contributed by atoms with Crippen molar-refractivity contribution in [2.45, 2.75) is 56.4 Å². The predicted octanol–water partition coefficient (Wildman–Crippen LogP) is 1.83. The highest BCUT2D eigenvalue weighted by atomic mass is 32.2. The zero-order chi connectivity index (χ0) is 23.7. The number of benzene rings is 1. The van der Waals surface area contributed by atoms with Crippen molar-refractivity contribution in [3.05, 3.63) is 24.3 Å². The molecule has 10 nitrogen and oxygen atoms in total. The third-order valence-corrected chi connectivity index (χ3v) is 7.49. The summed E-state index contributed by atoms with van der Waals surface area (Å²) in [5, 5.41) is 17.4. The van der Waals surface area contributed by atoms with Crippen LogP contribution in [-0.2, 0) is 24.4 Å². The summed E-state index contributed by atoms with van der Waals surface area (Å²) in [7, 11) is -3.47. The standard InChI is InChI=1S/C19H29N3O3S.C2H2O4/c1-16(23)20-17-6-8-19(9-7-17)26(24,25)22-14-10-18(11-15-22)21-12-4-2-3-5-13-21;3-1(4)2(5)6/h6-9,18H,2-5,10-15H2,1H3,(H,20,23);(H,3,4)(H,5,6). The van der Waals surface area contributed by atoms with E-state index in [1.54, 1.807) is 28.6 Å². The summed E-state index contributed by atoms with van der Waals surface area (Å²) in [6.07, 6.45) is 6.97. The van der Waals surface area contributed by atoms with Crippen LogP contribution in [0.25, 0.3) is 0 Å². The van der Waals surface area contributed by atoms with Gasteiger partial charge in [0.15, 0.2) is 0 Å². The summed E-state index contributed by atoms with van der Waals surface area (Å²) in [5.74, 6) is -3.82. The summed E-state index contributed by atoms with van der Waals surface area (Å²) >= 11 is 0. The maximum atomic E-state index is 12.9. The second kappa shape index (κ2) is 11.9. The number of carboxylic acid groups (broad SMARTS) is 2. The highest BCUT2D eigenvalue weighted by Gasteiger charge is 2.31. The second-order valence-electron chi connectivity index (χ2n) is 7.90. The molecule has 2 aliphatic rings. The van der Waals surface area contributed by atoms with Crippen molar-refractivity contribution >= 4 is 33.6 Å². The molecule has 0 unspecified atom stereocenters. The Balaban J connectivity index is 0.000000534. The Hall–Kier alpha value is -2.50. The van der Waals surface area contributed by atoms with Gasteiger partial charge in [0, 0.05) is 31.7 Å². The molecular formula is C21H31N3O7S. The van der Waals surface area contributed by atoms with Gasteiger partial charge in [0.1, 0.15) is 0 Å². The minimum Gasteiger partial charge on any atom is -0.473 e. The molecular weight excluding hydrogens is 438 g/mol. The van der Waals surface area contributed by atoms with Gasteiger partial charge >= 0.3 is 11.9 Å². The number of amides is 1. The van der Waals surface area contributed by atoms with Gasteiger partial charge in [-0.2, -0.15) is 4.31 Å². The Morgan fingerprint density at radius 3 is 1.81 bits per heavy atom. The molecule has 1 aromatic carbocycles. The minimum absolute atomic E-state index is 0.170. The number of rotatable bonds is 4. The smallest absolute Gasteiger partial charge is 0.414 e. The quantitative estimate of drug-likeness (QED) is 0.567. The summed E-state index contributed by atoms with van der Waals surface area (Å²) in [4.78, 5) is 32.1. The van der Waals surface area contributed by atoms with E-state index >= 15 is 0 Å². The van der Waals surface area contributed by atoms with E-state index in [4.69, 9.17) is 19.8 Å². The van der Waals surface area contributed by atoms with Crippen LogP contribution in [0.2, 0.25) is 0 Å². The number of hydrogen-bond donors (Lipinski definition) is 3. The molecule has 1 amide bonds. The second-order valence-corrected chi connectivity index (χ2v) is 9.84. The average molecular weight is 470 g/mol. The maximum absolute atomic E-state index is 12.9. The largest absolute Gasteiger partial charge is 0.473 e. The third-order valence-electron chi connectivity index (χ3n) is 5.58. The lowest BCUT2D eigenvalue weighted by Gasteiger charge is -2.37. The summed E-state index contributed by atoms with van der Waals surface area (Å²) in [5.41, 5.74) is 0.608. The lowest BCUT2D eigenvalue weighted by Crippen LogP contribution is -2.46. The summed E-state index contributed by atoms with van der Waals surface area (Å²) in [6, 6.07) is 6.93. The molecule has 3 N–H and O–H groups in total. The van der Waals surface area contributed by atoms with E-state index in [-0.39, 0.29) is 5.91 Å². The van der Waals surface area contributed by atoms with Crippen molar-refractivity contribution in [3.63, 3.8) is 0 Å². The van der Waals surface area contributed by atoms with Crippen LogP contribution < -0.4 is 5.32 Å². The van der Waals surface area contributed by atoms with Crippen LogP contribution >= 0.6 is 0 Å². The van der Waals surface area contributed by atoms with Gasteiger partial charge in [-0.05, 0) is 63.0 Å². The molecule has 178 valence electrons. The molecule has 2 fully saturated rings. The van der Waals surface area contributed by atoms with Gasteiger partial charge in [-0.1, -0.05) is 12.8 Å². The third kappa shape index (κ3) is 7.57. The minimum atomic E-state index is -3.47. The highest BCUT2D eigenvalue weighted by Crippen LogP contribution is 2.25. The van der Waals surface area contributed by atoms with E-state index in [1.807, 2.05) is 0 Å². The fraction of sp³-hybridized carbons (Fsp3) is 0.571. The number of anilines is 1. The van der Waals surface area contributed by atoms with Gasteiger partial charge in [0.25, 0.3) is 0 Å². The predicted molar refractivity (Wildman–Crippen MR) is 118 cm³/mol. The van der Waals surface area contributed by atoms with Crippen LogP contribution in [0.3, 0.4) is 0 Å². The SMILES string of the molecule is CC(=O)Nc1ccc(S(=O)(=O)N2CCC(N3CCCCCC3)CC2)cc1.O=C(O)C(=O)O. The molecule has 1 aromatic rings. The monoisotopic (exact) mass is 469 g/mol. The first-order valence-corrected chi connectivity index (χ1v) is 12.1. The van der Waals surface area contributed by atoms with E-state index in [1.165, 1.54) is 32.6 Å². The molecule has 2 saturated heterocycles. The Kier molecular flexibility index (Phi) is 9.60. The number of sulfonamides is 1. The van der Waals surface area contributed by atoms with Crippen LogP contribution in [0.15, 0.2) is 29.2 Å². The molecule has 0 aliphatic carbocycles. The van der Waals surface area contributed by atoms with E-state index in [0.717, 1.165) is 25.9 Å². The zero-order valence-electron chi connectivity index (χ0n) is 18.2. The molecule has 11 heteroatoms. The topological polar surface area (TPSA) is 144 Å². The molecule has 32 heavy (non-hydrogen) atoms. The Bertz CT molecular complexity index is 874. The fourth-order valence-corrected chi connectivity index (χ4v) is 5.44. The van der Waals surface area contributed by atoms with Gasteiger partial charge in [-0.3, -0.25) is 4.79 Å². The number of piperidine rings is 1. The Morgan fingerprint density at radius 1 is 0.875 bits per heavy atom. The maximum Gasteiger partial charge on any atom is 0.414 e. The van der Waals surface area contributed by atoms with Gasteiger partial charge < -0.3 is 20.4 Å². The van der Waals surface area contributed by atoms with Crippen molar-refractivity contribution in [3.8, 4) is 0 Å². The van der Waals surface area contributed by atoms with Crippen molar-refractivity contribution in [2.75, 3.05) is 31.5 Å². The van der Waals surface area contributed by atoms with E-state index in [2.05, 4.69) is 10.2 Å². The number of carbonyl (C=O) groups excluding carboxylic acids is 1. The number of carboxylic acids is 2. The zero-order valence-corrected chi connectivity index (χ0v) is 19.0. The molecule has 3 rings (SSSR count). The first-order valence-electron chi connectivity index (χ1n) is 10.7. The molecule has 2 aliphatic heterocycles.